The molecular formula is C16H34N2O. The first-order valence-corrected chi connectivity index (χ1v) is 8.03. The van der Waals surface area contributed by atoms with Gasteiger partial charge in [-0.15, -0.1) is 0 Å². The summed E-state index contributed by atoms with van der Waals surface area (Å²) in [5.74, 6) is 0. The normalized spacial score (nSPS) is 16.6. The number of nitrogens with one attached hydrogen (secondary N) is 1. The van der Waals surface area contributed by atoms with Crippen LogP contribution in [0.4, 0.5) is 0 Å². The molecule has 0 radical (unpaired) electrons. The Labute approximate surface area is 120 Å². The molecule has 0 atom stereocenters. The Morgan fingerprint density at radius 1 is 1.26 bits per heavy atom. The molecule has 0 aromatic heterocycles. The standard InChI is InChI=1S/C16H34N2O/c1-6-16(7-2,12-17-14(3)4)13-18(10-11-19-5)15-8-9-15/h14-15,17H,6-13H2,1-5H3. The number of ether oxygens (including phenoxy) is 1. The molecule has 0 aliphatic heterocycles. The zero-order valence-electron chi connectivity index (χ0n) is 13.7. The maximum atomic E-state index is 5.27. The van der Waals surface area contributed by atoms with Crippen molar-refractivity contribution in [3.05, 3.63) is 0 Å². The quantitative estimate of drug-likeness (QED) is 0.625. The lowest BCUT2D eigenvalue weighted by atomic mass is 9.81. The Bertz CT molecular complexity index is 235. The fourth-order valence-electron chi connectivity index (χ4n) is 2.67. The van der Waals surface area contributed by atoms with Crippen LogP contribution in [0.2, 0.25) is 0 Å². The molecule has 0 aromatic rings. The number of methoxy groups -OCH3 is 1. The molecule has 3 heteroatoms. The first kappa shape index (κ1) is 16.9. The smallest absolute Gasteiger partial charge is 0.0589 e. The van der Waals surface area contributed by atoms with Gasteiger partial charge in [0.05, 0.1) is 6.61 Å². The number of hydrogen-bond acceptors (Lipinski definition) is 3. The van der Waals surface area contributed by atoms with E-state index in [0.717, 1.165) is 25.7 Å². The maximum Gasteiger partial charge on any atom is 0.0589 e. The monoisotopic (exact) mass is 270 g/mol. The molecule has 3 nitrogen and oxygen atoms in total. The lowest BCUT2D eigenvalue weighted by molar-refractivity contribution is 0.0914. The van der Waals surface area contributed by atoms with Crippen LogP contribution in [-0.2, 0) is 4.74 Å². The van der Waals surface area contributed by atoms with Crippen molar-refractivity contribution in [1.82, 2.24) is 10.2 Å². The van der Waals surface area contributed by atoms with Gasteiger partial charge in [-0.1, -0.05) is 27.7 Å². The number of hydrogen-bond donors (Lipinski definition) is 1. The van der Waals surface area contributed by atoms with Crippen LogP contribution >= 0.6 is 0 Å². The van der Waals surface area contributed by atoms with E-state index in [4.69, 9.17) is 4.74 Å². The van der Waals surface area contributed by atoms with Crippen molar-refractivity contribution in [2.45, 2.75) is 65.5 Å². The molecule has 1 rings (SSSR count). The number of nitrogens with zero attached hydrogens (tertiary/aromatic N) is 1. The van der Waals surface area contributed by atoms with Crippen molar-refractivity contribution < 1.29 is 4.74 Å². The zero-order valence-corrected chi connectivity index (χ0v) is 13.7. The number of rotatable bonds is 11. The Hall–Kier alpha value is -0.120. The van der Waals surface area contributed by atoms with E-state index in [2.05, 4.69) is 37.9 Å². The van der Waals surface area contributed by atoms with Gasteiger partial charge in [0.15, 0.2) is 0 Å². The summed E-state index contributed by atoms with van der Waals surface area (Å²) < 4.78 is 5.27. The van der Waals surface area contributed by atoms with E-state index in [-0.39, 0.29) is 0 Å². The first-order chi connectivity index (χ1) is 9.06. The molecule has 19 heavy (non-hydrogen) atoms. The van der Waals surface area contributed by atoms with Crippen LogP contribution in [0.1, 0.15) is 53.4 Å². The van der Waals surface area contributed by atoms with Crippen molar-refractivity contribution in [1.29, 1.82) is 0 Å². The van der Waals surface area contributed by atoms with Crippen molar-refractivity contribution in [3.63, 3.8) is 0 Å². The molecule has 0 saturated heterocycles. The third-order valence-corrected chi connectivity index (χ3v) is 4.57. The molecule has 1 aliphatic rings. The third-order valence-electron chi connectivity index (χ3n) is 4.57. The van der Waals surface area contributed by atoms with E-state index >= 15 is 0 Å². The Kier molecular flexibility index (Phi) is 7.33. The fourth-order valence-corrected chi connectivity index (χ4v) is 2.67. The van der Waals surface area contributed by atoms with Crippen molar-refractivity contribution >= 4 is 0 Å². The summed E-state index contributed by atoms with van der Waals surface area (Å²) in [6.45, 7) is 13.4. The van der Waals surface area contributed by atoms with Crippen LogP contribution in [-0.4, -0.2) is 50.3 Å². The molecule has 114 valence electrons. The highest BCUT2D eigenvalue weighted by Crippen LogP contribution is 2.33. The molecule has 1 aliphatic carbocycles. The van der Waals surface area contributed by atoms with Gasteiger partial charge in [-0.25, -0.2) is 0 Å². The predicted molar refractivity (Wildman–Crippen MR) is 82.6 cm³/mol. The second kappa shape index (κ2) is 8.23. The van der Waals surface area contributed by atoms with Gasteiger partial charge in [0.2, 0.25) is 0 Å². The second-order valence-electron chi connectivity index (χ2n) is 6.44. The lowest BCUT2D eigenvalue weighted by Crippen LogP contribution is -2.46. The summed E-state index contributed by atoms with van der Waals surface area (Å²) in [4.78, 5) is 2.67. The van der Waals surface area contributed by atoms with Gasteiger partial charge >= 0.3 is 0 Å². The summed E-state index contributed by atoms with van der Waals surface area (Å²) in [6, 6.07) is 1.40. The van der Waals surface area contributed by atoms with Gasteiger partial charge in [0.25, 0.3) is 0 Å². The summed E-state index contributed by atoms with van der Waals surface area (Å²) in [7, 11) is 1.80. The largest absolute Gasteiger partial charge is 0.383 e. The van der Waals surface area contributed by atoms with E-state index in [1.807, 2.05) is 0 Å². The average Bonchev–Trinajstić information content (AvgIpc) is 3.23. The van der Waals surface area contributed by atoms with E-state index < -0.39 is 0 Å². The van der Waals surface area contributed by atoms with Crippen LogP contribution in [0, 0.1) is 5.41 Å². The van der Waals surface area contributed by atoms with Crippen LogP contribution in [0.25, 0.3) is 0 Å². The van der Waals surface area contributed by atoms with Gasteiger partial charge in [-0.3, -0.25) is 4.90 Å². The maximum absolute atomic E-state index is 5.27. The Morgan fingerprint density at radius 2 is 1.89 bits per heavy atom. The van der Waals surface area contributed by atoms with Crippen LogP contribution < -0.4 is 5.32 Å². The minimum atomic E-state index is 0.417. The minimum absolute atomic E-state index is 0.417. The van der Waals surface area contributed by atoms with Crippen molar-refractivity contribution in [2.24, 2.45) is 5.41 Å². The molecule has 1 fully saturated rings. The Morgan fingerprint density at radius 3 is 2.32 bits per heavy atom. The highest BCUT2D eigenvalue weighted by Gasteiger charge is 2.35. The van der Waals surface area contributed by atoms with Gasteiger partial charge in [-0.05, 0) is 31.1 Å². The molecule has 0 unspecified atom stereocenters. The highest BCUT2D eigenvalue weighted by atomic mass is 16.5. The van der Waals surface area contributed by atoms with Gasteiger partial charge < -0.3 is 10.1 Å². The summed E-state index contributed by atoms with van der Waals surface area (Å²) in [6.07, 6.45) is 5.26. The minimum Gasteiger partial charge on any atom is -0.383 e. The van der Waals surface area contributed by atoms with E-state index in [1.54, 1.807) is 7.11 Å². The topological polar surface area (TPSA) is 24.5 Å². The molecule has 1 saturated carbocycles. The summed E-state index contributed by atoms with van der Waals surface area (Å²) in [5.41, 5.74) is 0.417. The molecule has 0 aromatic carbocycles. The highest BCUT2D eigenvalue weighted by molar-refractivity contribution is 4.90. The van der Waals surface area contributed by atoms with E-state index in [0.29, 0.717) is 11.5 Å². The second-order valence-corrected chi connectivity index (χ2v) is 6.44. The third kappa shape index (κ3) is 5.80. The van der Waals surface area contributed by atoms with E-state index in [9.17, 15) is 0 Å². The van der Waals surface area contributed by atoms with Crippen LogP contribution in [0.3, 0.4) is 0 Å². The molecule has 1 N–H and O–H groups in total. The van der Waals surface area contributed by atoms with Crippen molar-refractivity contribution in [3.8, 4) is 0 Å². The fraction of sp³-hybridized carbons (Fsp3) is 1.00. The molecular weight excluding hydrogens is 236 g/mol. The molecule has 0 amide bonds. The summed E-state index contributed by atoms with van der Waals surface area (Å²) >= 11 is 0. The van der Waals surface area contributed by atoms with Gasteiger partial charge in [-0.2, -0.15) is 0 Å². The lowest BCUT2D eigenvalue weighted by Gasteiger charge is -2.38. The SMILES string of the molecule is CCC(CC)(CNC(C)C)CN(CCOC)C1CC1. The van der Waals surface area contributed by atoms with Gasteiger partial charge in [0, 0.05) is 38.8 Å². The molecule has 0 heterocycles. The average molecular weight is 270 g/mol. The van der Waals surface area contributed by atoms with Crippen LogP contribution in [0.15, 0.2) is 0 Å². The van der Waals surface area contributed by atoms with Gasteiger partial charge in [0.1, 0.15) is 0 Å². The molecule has 0 bridgehead atoms. The van der Waals surface area contributed by atoms with Crippen molar-refractivity contribution in [2.75, 3.05) is 33.4 Å². The molecule has 0 spiro atoms. The zero-order chi connectivity index (χ0) is 14.3. The summed E-state index contributed by atoms with van der Waals surface area (Å²) in [5, 5.41) is 3.65. The Balaban J connectivity index is 2.57. The van der Waals surface area contributed by atoms with E-state index in [1.165, 1.54) is 32.2 Å². The first-order valence-electron chi connectivity index (χ1n) is 8.03. The van der Waals surface area contributed by atoms with Crippen LogP contribution in [0.5, 0.6) is 0 Å². The predicted octanol–water partition coefficient (Wildman–Crippen LogP) is 2.90.